The molecule has 3 aliphatic heterocycles. The minimum absolute atomic E-state index is 0.0222. The van der Waals surface area contributed by atoms with Crippen LogP contribution in [-0.2, 0) is 9.59 Å². The number of carbonyl (C=O) groups excluding carboxylic acids is 2. The highest BCUT2D eigenvalue weighted by molar-refractivity contribution is 5.97. The van der Waals surface area contributed by atoms with E-state index in [0.29, 0.717) is 12.8 Å². The molecule has 0 saturated carbocycles. The second-order valence-electron chi connectivity index (χ2n) is 3.47. The SMILES string of the molecule is CN1C(=O)[C@H]2C/C=C\C[C@@H]1C(=O)N2. The van der Waals surface area contributed by atoms with Gasteiger partial charge in [0.15, 0.2) is 0 Å². The van der Waals surface area contributed by atoms with E-state index in [-0.39, 0.29) is 23.9 Å². The van der Waals surface area contributed by atoms with E-state index in [1.807, 2.05) is 12.2 Å². The van der Waals surface area contributed by atoms with Crippen LogP contribution in [0, 0.1) is 0 Å². The van der Waals surface area contributed by atoms with E-state index in [9.17, 15) is 9.59 Å². The topological polar surface area (TPSA) is 49.4 Å². The van der Waals surface area contributed by atoms with Gasteiger partial charge in [0.1, 0.15) is 12.1 Å². The second-order valence-corrected chi connectivity index (χ2v) is 3.47. The molecule has 0 spiro atoms. The fourth-order valence-corrected chi connectivity index (χ4v) is 1.79. The van der Waals surface area contributed by atoms with Crippen LogP contribution in [0.25, 0.3) is 0 Å². The second kappa shape index (κ2) is 2.87. The molecule has 0 radical (unpaired) electrons. The van der Waals surface area contributed by atoms with Gasteiger partial charge in [-0.1, -0.05) is 12.2 Å². The number of nitrogens with zero attached hydrogens (tertiary/aromatic N) is 1. The number of amides is 2. The summed E-state index contributed by atoms with van der Waals surface area (Å²) in [4.78, 5) is 24.6. The summed E-state index contributed by atoms with van der Waals surface area (Å²) in [5.41, 5.74) is 0. The number of carbonyl (C=O) groups is 2. The maximum atomic E-state index is 11.6. The van der Waals surface area contributed by atoms with Gasteiger partial charge >= 0.3 is 0 Å². The summed E-state index contributed by atoms with van der Waals surface area (Å²) in [6.45, 7) is 0. The Morgan fingerprint density at radius 2 is 2.08 bits per heavy atom. The van der Waals surface area contributed by atoms with E-state index in [1.165, 1.54) is 0 Å². The van der Waals surface area contributed by atoms with Gasteiger partial charge in [0, 0.05) is 7.05 Å². The zero-order valence-electron chi connectivity index (χ0n) is 7.49. The summed E-state index contributed by atoms with van der Waals surface area (Å²) < 4.78 is 0. The molecule has 2 amide bonds. The maximum Gasteiger partial charge on any atom is 0.245 e. The Morgan fingerprint density at radius 3 is 2.85 bits per heavy atom. The molecular formula is C9H12N2O2. The first kappa shape index (κ1) is 8.29. The average Bonchev–Trinajstić information content (AvgIpc) is 2.07. The van der Waals surface area contributed by atoms with Crippen LogP contribution in [0.1, 0.15) is 12.8 Å². The van der Waals surface area contributed by atoms with Crippen molar-refractivity contribution in [1.82, 2.24) is 10.2 Å². The molecule has 1 N–H and O–H groups in total. The van der Waals surface area contributed by atoms with Crippen LogP contribution in [0.15, 0.2) is 12.2 Å². The molecule has 0 aromatic rings. The van der Waals surface area contributed by atoms with Crippen molar-refractivity contribution in [2.75, 3.05) is 7.05 Å². The van der Waals surface area contributed by atoms with Gasteiger partial charge in [0.2, 0.25) is 11.8 Å². The summed E-state index contributed by atoms with van der Waals surface area (Å²) in [6, 6.07) is -0.648. The first-order valence-corrected chi connectivity index (χ1v) is 4.42. The molecule has 0 unspecified atom stereocenters. The Morgan fingerprint density at radius 1 is 1.38 bits per heavy atom. The van der Waals surface area contributed by atoms with Gasteiger partial charge in [-0.25, -0.2) is 0 Å². The Balaban J connectivity index is 2.34. The van der Waals surface area contributed by atoms with Gasteiger partial charge in [-0.05, 0) is 12.8 Å². The van der Waals surface area contributed by atoms with Crippen LogP contribution >= 0.6 is 0 Å². The summed E-state index contributed by atoms with van der Waals surface area (Å²) in [5, 5.41) is 2.72. The molecule has 0 aromatic heterocycles. The Kier molecular flexibility index (Phi) is 1.83. The van der Waals surface area contributed by atoms with Crippen molar-refractivity contribution < 1.29 is 9.59 Å². The number of piperazine rings is 1. The van der Waals surface area contributed by atoms with E-state index in [0.717, 1.165) is 0 Å². The van der Waals surface area contributed by atoms with E-state index in [4.69, 9.17) is 0 Å². The lowest BCUT2D eigenvalue weighted by Crippen LogP contribution is -2.62. The molecule has 3 heterocycles. The lowest BCUT2D eigenvalue weighted by Gasteiger charge is -2.37. The molecule has 0 aromatic carbocycles. The first-order valence-electron chi connectivity index (χ1n) is 4.42. The Bertz CT molecular complexity index is 285. The largest absolute Gasteiger partial charge is 0.342 e. The highest BCUT2D eigenvalue weighted by atomic mass is 16.2. The minimum atomic E-state index is -0.342. The summed E-state index contributed by atoms with van der Waals surface area (Å²) >= 11 is 0. The van der Waals surface area contributed by atoms with Crippen molar-refractivity contribution in [2.24, 2.45) is 0 Å². The molecule has 2 atom stereocenters. The third-order valence-electron chi connectivity index (χ3n) is 2.63. The lowest BCUT2D eigenvalue weighted by molar-refractivity contribution is -0.147. The Hall–Kier alpha value is -1.32. The zero-order chi connectivity index (χ0) is 9.42. The number of rotatable bonds is 0. The molecule has 4 nitrogen and oxygen atoms in total. The number of hydrogen-bond acceptors (Lipinski definition) is 2. The first-order chi connectivity index (χ1) is 6.20. The highest BCUT2D eigenvalue weighted by Gasteiger charge is 2.37. The van der Waals surface area contributed by atoms with E-state index in [2.05, 4.69) is 5.32 Å². The van der Waals surface area contributed by atoms with Crippen molar-refractivity contribution >= 4 is 11.8 Å². The molecule has 70 valence electrons. The number of nitrogens with one attached hydrogen (secondary N) is 1. The van der Waals surface area contributed by atoms with Crippen LogP contribution in [0.3, 0.4) is 0 Å². The highest BCUT2D eigenvalue weighted by Crippen LogP contribution is 2.16. The smallest absolute Gasteiger partial charge is 0.245 e. The van der Waals surface area contributed by atoms with Crippen LogP contribution < -0.4 is 5.32 Å². The molecule has 2 bridgehead atoms. The molecule has 4 heteroatoms. The molecule has 1 saturated heterocycles. The van der Waals surface area contributed by atoms with E-state index < -0.39 is 0 Å². The van der Waals surface area contributed by atoms with E-state index in [1.54, 1.807) is 11.9 Å². The van der Waals surface area contributed by atoms with Crippen molar-refractivity contribution in [1.29, 1.82) is 0 Å². The number of fused-ring (bicyclic) bond motifs is 4. The van der Waals surface area contributed by atoms with Crippen molar-refractivity contribution in [3.63, 3.8) is 0 Å². The third kappa shape index (κ3) is 1.22. The Labute approximate surface area is 76.6 Å². The molecule has 13 heavy (non-hydrogen) atoms. The number of hydrogen-bond donors (Lipinski definition) is 1. The van der Waals surface area contributed by atoms with Crippen LogP contribution in [-0.4, -0.2) is 35.8 Å². The third-order valence-corrected chi connectivity index (χ3v) is 2.63. The summed E-state index contributed by atoms with van der Waals surface area (Å²) in [6.07, 6.45) is 5.17. The molecule has 3 aliphatic rings. The number of likely N-dealkylation sites (N-methyl/N-ethyl adjacent to an activating group) is 1. The van der Waals surface area contributed by atoms with Gasteiger partial charge in [0.25, 0.3) is 0 Å². The fraction of sp³-hybridized carbons (Fsp3) is 0.556. The molecule has 0 aliphatic carbocycles. The van der Waals surface area contributed by atoms with Gasteiger partial charge in [-0.15, -0.1) is 0 Å². The van der Waals surface area contributed by atoms with Crippen molar-refractivity contribution in [3.8, 4) is 0 Å². The summed E-state index contributed by atoms with van der Waals surface area (Å²) in [7, 11) is 1.69. The van der Waals surface area contributed by atoms with Crippen LogP contribution in [0.2, 0.25) is 0 Å². The fourth-order valence-electron chi connectivity index (χ4n) is 1.79. The van der Waals surface area contributed by atoms with E-state index >= 15 is 0 Å². The molecule has 3 rings (SSSR count). The zero-order valence-corrected chi connectivity index (χ0v) is 7.49. The predicted octanol–water partition coefficient (Wildman–Crippen LogP) is -0.338. The molecular weight excluding hydrogens is 168 g/mol. The normalized spacial score (nSPS) is 35.3. The predicted molar refractivity (Wildman–Crippen MR) is 46.9 cm³/mol. The standard InChI is InChI=1S/C9H12N2O2/c1-11-7-5-3-2-4-6(9(11)13)10-8(7)12/h2-3,6-7H,4-5H2,1H3,(H,10,12)/b3-2-/t6-,7-/m1/s1. The van der Waals surface area contributed by atoms with Crippen LogP contribution in [0.5, 0.6) is 0 Å². The quantitative estimate of drug-likeness (QED) is 0.518. The van der Waals surface area contributed by atoms with Gasteiger partial charge in [-0.2, -0.15) is 0 Å². The van der Waals surface area contributed by atoms with Crippen molar-refractivity contribution in [3.05, 3.63) is 12.2 Å². The van der Waals surface area contributed by atoms with Gasteiger partial charge < -0.3 is 10.2 Å². The van der Waals surface area contributed by atoms with Gasteiger partial charge in [0.05, 0.1) is 0 Å². The maximum absolute atomic E-state index is 11.6. The van der Waals surface area contributed by atoms with Crippen molar-refractivity contribution in [2.45, 2.75) is 24.9 Å². The average molecular weight is 180 g/mol. The lowest BCUT2D eigenvalue weighted by atomic mass is 9.99. The minimum Gasteiger partial charge on any atom is -0.342 e. The molecule has 1 fully saturated rings. The van der Waals surface area contributed by atoms with Gasteiger partial charge in [-0.3, -0.25) is 9.59 Å². The monoisotopic (exact) mass is 180 g/mol. The summed E-state index contributed by atoms with van der Waals surface area (Å²) in [5.74, 6) is -0.00889. The van der Waals surface area contributed by atoms with Crippen LogP contribution in [0.4, 0.5) is 0 Å².